The fourth-order valence-electron chi connectivity index (χ4n) is 2.45. The molecule has 1 aromatic rings. The van der Waals surface area contributed by atoms with Gasteiger partial charge in [0.2, 0.25) is 5.91 Å². The van der Waals surface area contributed by atoms with Crippen LogP contribution in [-0.4, -0.2) is 36.2 Å². The molecule has 1 aromatic carbocycles. The number of carbonyl (C=O) groups excluding carboxylic acids is 1. The van der Waals surface area contributed by atoms with Crippen LogP contribution in [0.2, 0.25) is 0 Å². The van der Waals surface area contributed by atoms with Crippen molar-refractivity contribution in [1.82, 2.24) is 0 Å². The monoisotopic (exact) mass is 278 g/mol. The fourth-order valence-corrected chi connectivity index (χ4v) is 2.45. The van der Waals surface area contributed by atoms with Crippen molar-refractivity contribution in [2.45, 2.75) is 31.8 Å². The summed E-state index contributed by atoms with van der Waals surface area (Å²) in [4.78, 5) is 25.1. The van der Waals surface area contributed by atoms with Crippen LogP contribution in [0.15, 0.2) is 18.2 Å². The molecule has 0 aromatic heterocycles. The van der Waals surface area contributed by atoms with Crippen molar-refractivity contribution in [3.63, 3.8) is 0 Å². The van der Waals surface area contributed by atoms with Gasteiger partial charge in [-0.25, -0.2) is 4.79 Å². The van der Waals surface area contributed by atoms with Crippen LogP contribution in [0.4, 0.5) is 5.69 Å². The molecular weight excluding hydrogens is 260 g/mol. The maximum atomic E-state index is 12.4. The molecule has 6 nitrogen and oxygen atoms in total. The number of carboxylic acid groups (broad SMARTS) is 1. The Hall–Kier alpha value is -2.08. The molecular formula is C14H18N2O4. The molecule has 0 bridgehead atoms. The van der Waals surface area contributed by atoms with E-state index in [2.05, 4.69) is 0 Å². The third-order valence-electron chi connectivity index (χ3n) is 3.58. The highest BCUT2D eigenvalue weighted by atomic mass is 16.5. The van der Waals surface area contributed by atoms with Crippen molar-refractivity contribution in [3.8, 4) is 5.75 Å². The highest BCUT2D eigenvalue weighted by molar-refractivity contribution is 6.04. The van der Waals surface area contributed by atoms with Gasteiger partial charge in [0.15, 0.2) is 0 Å². The molecule has 1 aliphatic rings. The number of benzene rings is 1. The number of rotatable bonds is 4. The molecule has 1 amide bonds. The lowest BCUT2D eigenvalue weighted by atomic mass is 10.1. The molecule has 1 aliphatic heterocycles. The molecule has 2 atom stereocenters. The highest BCUT2D eigenvalue weighted by Gasteiger charge is 2.41. The summed E-state index contributed by atoms with van der Waals surface area (Å²) < 4.78 is 5.24. The van der Waals surface area contributed by atoms with Crippen LogP contribution in [-0.2, 0) is 16.0 Å². The molecule has 0 fully saturated rings. The number of aliphatic carboxylic acids is 1. The molecule has 1 heterocycles. The number of ether oxygens (including phenoxy) is 1. The van der Waals surface area contributed by atoms with Gasteiger partial charge in [-0.15, -0.1) is 0 Å². The number of carboxylic acids is 1. The Morgan fingerprint density at radius 3 is 2.80 bits per heavy atom. The van der Waals surface area contributed by atoms with Gasteiger partial charge < -0.3 is 15.6 Å². The molecule has 0 spiro atoms. The smallest absolute Gasteiger partial charge is 0.327 e. The van der Waals surface area contributed by atoms with E-state index in [1.54, 1.807) is 25.1 Å². The fraction of sp³-hybridized carbons (Fsp3) is 0.429. The summed E-state index contributed by atoms with van der Waals surface area (Å²) in [5, 5.41) is 9.35. The van der Waals surface area contributed by atoms with Crippen LogP contribution in [0.5, 0.6) is 5.75 Å². The van der Waals surface area contributed by atoms with E-state index in [0.29, 0.717) is 17.9 Å². The first kappa shape index (κ1) is 14.3. The zero-order valence-corrected chi connectivity index (χ0v) is 11.5. The van der Waals surface area contributed by atoms with Crippen LogP contribution in [0.1, 0.15) is 18.9 Å². The van der Waals surface area contributed by atoms with E-state index in [0.717, 1.165) is 5.56 Å². The number of hydrogen-bond donors (Lipinski definition) is 2. The first-order valence-electron chi connectivity index (χ1n) is 6.48. The van der Waals surface area contributed by atoms with Gasteiger partial charge in [-0.05, 0) is 18.6 Å². The van der Waals surface area contributed by atoms with Gasteiger partial charge >= 0.3 is 5.97 Å². The third kappa shape index (κ3) is 2.22. The normalized spacial score (nSPS) is 18.6. The summed E-state index contributed by atoms with van der Waals surface area (Å²) in [7, 11) is 1.52. The zero-order chi connectivity index (χ0) is 14.9. The SMILES string of the molecule is CC[C@H](N)C(=O)N1c2cccc(OC)c2C[C@H]1C(=O)O. The standard InChI is InChI=1S/C14H18N2O4/c1-3-9(15)13(17)16-10-5-4-6-12(20-2)8(10)7-11(16)14(18)19/h4-6,9,11H,3,7,15H2,1-2H3,(H,18,19)/t9-,11-/m0/s1. The molecule has 6 heteroatoms. The number of fused-ring (bicyclic) bond motifs is 1. The van der Waals surface area contributed by atoms with Crippen molar-refractivity contribution in [2.75, 3.05) is 12.0 Å². The minimum Gasteiger partial charge on any atom is -0.496 e. The summed E-state index contributed by atoms with van der Waals surface area (Å²) in [6.07, 6.45) is 0.692. The lowest BCUT2D eigenvalue weighted by molar-refractivity contribution is -0.140. The molecule has 0 aliphatic carbocycles. The Kier molecular flexibility index (Phi) is 3.94. The second kappa shape index (κ2) is 5.50. The number of amides is 1. The summed E-state index contributed by atoms with van der Waals surface area (Å²) >= 11 is 0. The van der Waals surface area contributed by atoms with Crippen molar-refractivity contribution in [2.24, 2.45) is 5.73 Å². The van der Waals surface area contributed by atoms with Crippen molar-refractivity contribution in [3.05, 3.63) is 23.8 Å². The van der Waals surface area contributed by atoms with Gasteiger partial charge in [0.1, 0.15) is 11.8 Å². The highest BCUT2D eigenvalue weighted by Crippen LogP contribution is 2.38. The Bertz CT molecular complexity index is 544. The van der Waals surface area contributed by atoms with Crippen molar-refractivity contribution in [1.29, 1.82) is 0 Å². The zero-order valence-electron chi connectivity index (χ0n) is 11.5. The van der Waals surface area contributed by atoms with Crippen molar-refractivity contribution < 1.29 is 19.4 Å². The maximum absolute atomic E-state index is 12.4. The molecule has 0 unspecified atom stereocenters. The third-order valence-corrected chi connectivity index (χ3v) is 3.58. The average molecular weight is 278 g/mol. The van der Waals surface area contributed by atoms with E-state index < -0.39 is 18.1 Å². The summed E-state index contributed by atoms with van der Waals surface area (Å²) in [5.41, 5.74) is 7.08. The first-order chi connectivity index (χ1) is 9.51. The van der Waals surface area contributed by atoms with Crippen molar-refractivity contribution >= 4 is 17.6 Å². The second-order valence-electron chi connectivity index (χ2n) is 4.74. The molecule has 108 valence electrons. The number of methoxy groups -OCH3 is 1. The van der Waals surface area contributed by atoms with Crippen LogP contribution in [0, 0.1) is 0 Å². The van der Waals surface area contributed by atoms with Gasteiger partial charge in [0, 0.05) is 12.0 Å². The Morgan fingerprint density at radius 2 is 2.25 bits per heavy atom. The predicted octanol–water partition coefficient (Wildman–Crippen LogP) is 0.775. The second-order valence-corrected chi connectivity index (χ2v) is 4.74. The number of nitrogens with zero attached hydrogens (tertiary/aromatic N) is 1. The number of hydrogen-bond acceptors (Lipinski definition) is 4. The Labute approximate surface area is 117 Å². The summed E-state index contributed by atoms with van der Waals surface area (Å²) in [6, 6.07) is 3.59. The largest absolute Gasteiger partial charge is 0.496 e. The average Bonchev–Trinajstić information content (AvgIpc) is 2.84. The lowest BCUT2D eigenvalue weighted by Crippen LogP contribution is -2.49. The van der Waals surface area contributed by atoms with E-state index in [-0.39, 0.29) is 12.3 Å². The number of anilines is 1. The quantitative estimate of drug-likeness (QED) is 0.848. The van der Waals surface area contributed by atoms with Gasteiger partial charge in [0.05, 0.1) is 18.8 Å². The van der Waals surface area contributed by atoms with Gasteiger partial charge in [-0.1, -0.05) is 13.0 Å². The van der Waals surface area contributed by atoms with E-state index in [9.17, 15) is 14.7 Å². The minimum atomic E-state index is -1.04. The van der Waals surface area contributed by atoms with Gasteiger partial charge in [-0.3, -0.25) is 9.69 Å². The molecule has 20 heavy (non-hydrogen) atoms. The van der Waals surface area contributed by atoms with Crippen LogP contribution >= 0.6 is 0 Å². The molecule has 0 saturated carbocycles. The Balaban J connectivity index is 2.48. The number of carbonyl (C=O) groups is 2. The van der Waals surface area contributed by atoms with E-state index in [1.807, 2.05) is 0 Å². The molecule has 0 saturated heterocycles. The van der Waals surface area contributed by atoms with Gasteiger partial charge in [-0.2, -0.15) is 0 Å². The molecule has 2 rings (SSSR count). The van der Waals surface area contributed by atoms with E-state index in [1.165, 1.54) is 12.0 Å². The maximum Gasteiger partial charge on any atom is 0.327 e. The first-order valence-corrected chi connectivity index (χ1v) is 6.48. The van der Waals surface area contributed by atoms with Gasteiger partial charge in [0.25, 0.3) is 0 Å². The summed E-state index contributed by atoms with van der Waals surface area (Å²) in [5.74, 6) is -0.819. The number of nitrogens with two attached hydrogens (primary N) is 1. The molecule has 0 radical (unpaired) electrons. The minimum absolute atomic E-state index is 0.233. The Morgan fingerprint density at radius 1 is 1.55 bits per heavy atom. The predicted molar refractivity (Wildman–Crippen MR) is 73.9 cm³/mol. The lowest BCUT2D eigenvalue weighted by Gasteiger charge is -2.25. The van der Waals surface area contributed by atoms with Crippen LogP contribution in [0.25, 0.3) is 0 Å². The van der Waals surface area contributed by atoms with E-state index in [4.69, 9.17) is 10.5 Å². The van der Waals surface area contributed by atoms with Crippen LogP contribution in [0.3, 0.4) is 0 Å². The van der Waals surface area contributed by atoms with E-state index >= 15 is 0 Å². The topological polar surface area (TPSA) is 92.9 Å². The molecule has 3 N–H and O–H groups in total. The summed E-state index contributed by atoms with van der Waals surface area (Å²) in [6.45, 7) is 1.79. The van der Waals surface area contributed by atoms with Crippen LogP contribution < -0.4 is 15.4 Å².